The normalized spacial score (nSPS) is 23.0. The molecule has 0 bridgehead atoms. The summed E-state index contributed by atoms with van der Waals surface area (Å²) in [4.78, 5) is 39.2. The molecule has 0 saturated carbocycles. The second kappa shape index (κ2) is 13.3. The van der Waals surface area contributed by atoms with E-state index in [2.05, 4.69) is 5.32 Å². The van der Waals surface area contributed by atoms with Gasteiger partial charge in [0.25, 0.3) is 0 Å². The number of carbonyl (C=O) groups is 3. The number of hydrogen-bond acceptors (Lipinski definition) is 8. The van der Waals surface area contributed by atoms with Gasteiger partial charge in [-0.1, -0.05) is 78.9 Å². The van der Waals surface area contributed by atoms with Crippen molar-refractivity contribution in [3.63, 3.8) is 0 Å². The number of esters is 1. The number of Topliss-reactive ketones (excluding diaryl/α,β-unsaturated/α-hetero) is 1. The van der Waals surface area contributed by atoms with Crippen LogP contribution in [-0.4, -0.2) is 54.8 Å². The number of carbonyl (C=O) groups excluding carboxylic acids is 3. The first kappa shape index (κ1) is 29.4. The SMILES string of the molecule is CC1(C)OC2[C@@H](O[C@H](COC(=O)c3ccccc3)[C@@H]2CC(=O)[C@H](Cc2ccccc2)NC(=O)OCc2ccccc2)O1. The Labute approximate surface area is 245 Å². The minimum Gasteiger partial charge on any atom is -0.459 e. The highest BCUT2D eigenvalue weighted by molar-refractivity contribution is 5.89. The smallest absolute Gasteiger partial charge is 0.408 e. The van der Waals surface area contributed by atoms with Crippen molar-refractivity contribution in [1.29, 1.82) is 0 Å². The van der Waals surface area contributed by atoms with Crippen molar-refractivity contribution in [1.82, 2.24) is 5.32 Å². The molecule has 220 valence electrons. The van der Waals surface area contributed by atoms with Gasteiger partial charge in [-0.25, -0.2) is 9.59 Å². The molecule has 0 spiro atoms. The number of nitrogens with one attached hydrogen (secondary N) is 1. The van der Waals surface area contributed by atoms with E-state index in [0.29, 0.717) is 5.56 Å². The van der Waals surface area contributed by atoms with Gasteiger partial charge in [0.2, 0.25) is 0 Å². The molecule has 5 rings (SSSR count). The average molecular weight is 574 g/mol. The van der Waals surface area contributed by atoms with Crippen LogP contribution in [0.2, 0.25) is 0 Å². The molecular formula is C33H35NO8. The maximum atomic E-state index is 13.8. The van der Waals surface area contributed by atoms with E-state index in [9.17, 15) is 14.4 Å². The molecule has 3 aromatic rings. The summed E-state index contributed by atoms with van der Waals surface area (Å²) in [6.07, 6.45) is -2.32. The van der Waals surface area contributed by atoms with Crippen molar-refractivity contribution in [2.75, 3.05) is 6.61 Å². The summed E-state index contributed by atoms with van der Waals surface area (Å²) in [6.45, 7) is 3.55. The first-order valence-corrected chi connectivity index (χ1v) is 14.0. The van der Waals surface area contributed by atoms with Gasteiger partial charge in [0.15, 0.2) is 17.9 Å². The Morgan fingerprint density at radius 3 is 2.12 bits per heavy atom. The molecule has 9 heteroatoms. The van der Waals surface area contributed by atoms with Crippen LogP contribution in [0.1, 0.15) is 41.8 Å². The lowest BCUT2D eigenvalue weighted by atomic mass is 9.89. The van der Waals surface area contributed by atoms with Crippen molar-refractivity contribution < 1.29 is 38.1 Å². The van der Waals surface area contributed by atoms with Crippen LogP contribution in [0.4, 0.5) is 4.79 Å². The maximum Gasteiger partial charge on any atom is 0.408 e. The van der Waals surface area contributed by atoms with Crippen LogP contribution in [0.15, 0.2) is 91.0 Å². The van der Waals surface area contributed by atoms with Crippen molar-refractivity contribution in [2.24, 2.45) is 5.92 Å². The van der Waals surface area contributed by atoms with Gasteiger partial charge in [-0.15, -0.1) is 0 Å². The maximum absolute atomic E-state index is 13.8. The number of fused-ring (bicyclic) bond motifs is 1. The topological polar surface area (TPSA) is 109 Å². The Bertz CT molecular complexity index is 1350. The summed E-state index contributed by atoms with van der Waals surface area (Å²) in [5.41, 5.74) is 2.13. The van der Waals surface area contributed by atoms with E-state index in [1.165, 1.54) is 0 Å². The number of hydrogen-bond donors (Lipinski definition) is 1. The highest BCUT2D eigenvalue weighted by Crippen LogP contribution is 2.42. The van der Waals surface area contributed by atoms with E-state index in [0.717, 1.165) is 11.1 Å². The highest BCUT2D eigenvalue weighted by Gasteiger charge is 2.55. The van der Waals surface area contributed by atoms with Crippen LogP contribution in [0.25, 0.3) is 0 Å². The Hall–Kier alpha value is -4.05. The molecule has 1 N–H and O–H groups in total. The third-order valence-electron chi connectivity index (χ3n) is 7.30. The van der Waals surface area contributed by atoms with Gasteiger partial charge in [0.1, 0.15) is 25.4 Å². The fourth-order valence-corrected chi connectivity index (χ4v) is 5.24. The molecular weight excluding hydrogens is 538 g/mol. The predicted molar refractivity (Wildman–Crippen MR) is 152 cm³/mol. The molecule has 2 aliphatic rings. The Kier molecular flexibility index (Phi) is 9.31. The minimum atomic E-state index is -0.898. The largest absolute Gasteiger partial charge is 0.459 e. The predicted octanol–water partition coefficient (Wildman–Crippen LogP) is 4.83. The zero-order valence-electron chi connectivity index (χ0n) is 23.6. The lowest BCUT2D eigenvalue weighted by molar-refractivity contribution is -0.213. The van der Waals surface area contributed by atoms with Crippen LogP contribution in [0.3, 0.4) is 0 Å². The van der Waals surface area contributed by atoms with E-state index in [4.69, 9.17) is 23.7 Å². The minimum absolute atomic E-state index is 0.00459. The van der Waals surface area contributed by atoms with E-state index in [1.807, 2.05) is 66.7 Å². The molecule has 0 aliphatic carbocycles. The van der Waals surface area contributed by atoms with Crippen LogP contribution in [0.5, 0.6) is 0 Å². The lowest BCUT2D eigenvalue weighted by Gasteiger charge is -2.26. The molecule has 42 heavy (non-hydrogen) atoms. The summed E-state index contributed by atoms with van der Waals surface area (Å²) in [5, 5.41) is 2.76. The number of alkyl carbamates (subject to hydrolysis) is 1. The number of amides is 1. The second-order valence-electron chi connectivity index (χ2n) is 10.9. The Morgan fingerprint density at radius 2 is 1.45 bits per heavy atom. The molecule has 2 heterocycles. The van der Waals surface area contributed by atoms with Gasteiger partial charge in [0.05, 0.1) is 11.6 Å². The van der Waals surface area contributed by atoms with Crippen molar-refractivity contribution in [3.05, 3.63) is 108 Å². The molecule has 2 saturated heterocycles. The van der Waals surface area contributed by atoms with Gasteiger partial charge in [-0.2, -0.15) is 0 Å². The molecule has 1 unspecified atom stereocenters. The summed E-state index contributed by atoms with van der Waals surface area (Å²) >= 11 is 0. The van der Waals surface area contributed by atoms with Gasteiger partial charge in [0, 0.05) is 12.3 Å². The molecule has 0 radical (unpaired) electrons. The van der Waals surface area contributed by atoms with Gasteiger partial charge < -0.3 is 29.0 Å². The third-order valence-corrected chi connectivity index (χ3v) is 7.30. The first-order chi connectivity index (χ1) is 20.3. The lowest BCUT2D eigenvalue weighted by Crippen LogP contribution is -2.45. The standard InChI is InChI=1S/C33H35NO8/c1-33(2)41-29-25(28(40-31(29)42-33)21-38-30(36)24-16-10-5-11-17-24)19-27(35)26(18-22-12-6-3-7-13-22)34-32(37)39-20-23-14-8-4-9-15-23/h3-17,25-26,28-29,31H,18-21H2,1-2H3,(H,34,37)/t25-,26-,28+,29?,31-/m0/s1. The van der Waals surface area contributed by atoms with E-state index >= 15 is 0 Å². The van der Waals surface area contributed by atoms with Crippen LogP contribution >= 0.6 is 0 Å². The first-order valence-electron chi connectivity index (χ1n) is 14.0. The molecule has 0 aromatic heterocycles. The van der Waals surface area contributed by atoms with E-state index in [-0.39, 0.29) is 31.8 Å². The van der Waals surface area contributed by atoms with E-state index in [1.54, 1.807) is 38.1 Å². The monoisotopic (exact) mass is 573 g/mol. The van der Waals surface area contributed by atoms with Crippen molar-refractivity contribution >= 4 is 17.8 Å². The van der Waals surface area contributed by atoms with Crippen LogP contribution in [0, 0.1) is 5.92 Å². The van der Waals surface area contributed by atoms with Gasteiger partial charge >= 0.3 is 12.1 Å². The zero-order valence-corrected chi connectivity index (χ0v) is 23.6. The molecule has 5 atom stereocenters. The molecule has 1 amide bonds. The number of benzene rings is 3. The van der Waals surface area contributed by atoms with Gasteiger partial charge in [-0.3, -0.25) is 4.79 Å². The number of ether oxygens (including phenoxy) is 5. The Morgan fingerprint density at radius 1 is 0.833 bits per heavy atom. The van der Waals surface area contributed by atoms with Crippen LogP contribution < -0.4 is 5.32 Å². The zero-order chi connectivity index (χ0) is 29.5. The second-order valence-corrected chi connectivity index (χ2v) is 10.9. The summed E-state index contributed by atoms with van der Waals surface area (Å²) in [6, 6.07) is 26.5. The number of rotatable bonds is 11. The quantitative estimate of drug-likeness (QED) is 0.325. The molecule has 2 aliphatic heterocycles. The summed E-state index contributed by atoms with van der Waals surface area (Å²) in [5.74, 6) is -2.09. The average Bonchev–Trinajstić information content (AvgIpc) is 3.47. The third kappa shape index (κ3) is 7.61. The number of ketones is 1. The van der Waals surface area contributed by atoms with Crippen LogP contribution in [-0.2, 0) is 41.5 Å². The summed E-state index contributed by atoms with van der Waals surface area (Å²) < 4.78 is 29.1. The molecule has 2 fully saturated rings. The van der Waals surface area contributed by atoms with E-state index < -0.39 is 48.3 Å². The fraction of sp³-hybridized carbons (Fsp3) is 0.364. The van der Waals surface area contributed by atoms with Gasteiger partial charge in [-0.05, 0) is 43.5 Å². The molecule has 9 nitrogen and oxygen atoms in total. The Balaban J connectivity index is 1.28. The summed E-state index contributed by atoms with van der Waals surface area (Å²) in [7, 11) is 0. The molecule has 3 aromatic carbocycles. The fourth-order valence-electron chi connectivity index (χ4n) is 5.24. The van der Waals surface area contributed by atoms with Crippen molar-refractivity contribution in [2.45, 2.75) is 63.6 Å². The van der Waals surface area contributed by atoms with Crippen molar-refractivity contribution in [3.8, 4) is 0 Å². The highest BCUT2D eigenvalue weighted by atomic mass is 16.8.